The first kappa shape index (κ1) is 71.1. The Balaban J connectivity index is 4.04. The third kappa shape index (κ3) is 60.0. The van der Waals surface area contributed by atoms with Crippen molar-refractivity contribution in [3.8, 4) is 0 Å². The SMILES string of the molecule is CC/C=C\C/C=C\C/C=C\C/C=C\C/C=C\CCCCCCCC(=O)OC(COC(=O)CCCCCCCC)COC(=O)CCCCCCCCCCCCCCCCCCCCCCCCCCCCCCC. The van der Waals surface area contributed by atoms with E-state index in [2.05, 4.69) is 81.5 Å². The molecular weight excluding hydrogens is 913 g/mol. The van der Waals surface area contributed by atoms with Gasteiger partial charge in [0.15, 0.2) is 6.10 Å². The van der Waals surface area contributed by atoms with Gasteiger partial charge in [-0.1, -0.05) is 313 Å². The molecule has 0 aliphatic carbocycles. The van der Waals surface area contributed by atoms with E-state index in [0.29, 0.717) is 19.3 Å². The molecule has 0 aliphatic rings. The molecule has 0 bridgehead atoms. The second-order valence-electron chi connectivity index (χ2n) is 21.7. The summed E-state index contributed by atoms with van der Waals surface area (Å²) in [7, 11) is 0. The molecule has 6 nitrogen and oxygen atoms in total. The summed E-state index contributed by atoms with van der Waals surface area (Å²) < 4.78 is 16.8. The zero-order valence-corrected chi connectivity index (χ0v) is 49.4. The summed E-state index contributed by atoms with van der Waals surface area (Å²) >= 11 is 0. The van der Waals surface area contributed by atoms with Crippen molar-refractivity contribution < 1.29 is 28.6 Å². The van der Waals surface area contributed by atoms with Gasteiger partial charge in [0.1, 0.15) is 13.2 Å². The van der Waals surface area contributed by atoms with Crippen LogP contribution >= 0.6 is 0 Å². The highest BCUT2D eigenvalue weighted by Crippen LogP contribution is 2.18. The first-order valence-electron chi connectivity index (χ1n) is 32.3. The molecule has 0 aromatic rings. The maximum atomic E-state index is 12.8. The molecule has 6 heteroatoms. The topological polar surface area (TPSA) is 78.9 Å². The van der Waals surface area contributed by atoms with Gasteiger partial charge < -0.3 is 14.2 Å². The average Bonchev–Trinajstić information content (AvgIpc) is 3.40. The molecule has 0 N–H and O–H groups in total. The molecule has 0 rings (SSSR count). The molecule has 0 amide bonds. The maximum absolute atomic E-state index is 12.8. The second kappa shape index (κ2) is 62.6. The lowest BCUT2D eigenvalue weighted by Gasteiger charge is -2.18. The Morgan fingerprint density at radius 2 is 0.527 bits per heavy atom. The van der Waals surface area contributed by atoms with Crippen molar-refractivity contribution in [2.75, 3.05) is 13.2 Å². The predicted molar refractivity (Wildman–Crippen MR) is 321 cm³/mol. The molecule has 0 radical (unpaired) electrons. The third-order valence-electron chi connectivity index (χ3n) is 14.3. The number of rotatable bonds is 59. The minimum absolute atomic E-state index is 0.0791. The third-order valence-corrected chi connectivity index (χ3v) is 14.3. The molecule has 1 atom stereocenters. The van der Waals surface area contributed by atoms with Gasteiger partial charge >= 0.3 is 17.9 Å². The number of hydrogen-bond acceptors (Lipinski definition) is 6. The zero-order valence-electron chi connectivity index (χ0n) is 49.4. The van der Waals surface area contributed by atoms with Crippen LogP contribution in [0.5, 0.6) is 0 Å². The molecule has 0 fully saturated rings. The Hall–Kier alpha value is -2.89. The van der Waals surface area contributed by atoms with E-state index >= 15 is 0 Å². The van der Waals surface area contributed by atoms with Crippen LogP contribution in [-0.2, 0) is 28.6 Å². The van der Waals surface area contributed by atoms with Crippen molar-refractivity contribution in [3.05, 3.63) is 60.8 Å². The highest BCUT2D eigenvalue weighted by molar-refractivity contribution is 5.71. The number of allylic oxidation sites excluding steroid dienone is 10. The summed E-state index contributed by atoms with van der Waals surface area (Å²) in [5.74, 6) is -0.893. The van der Waals surface area contributed by atoms with Gasteiger partial charge in [-0.15, -0.1) is 0 Å². The second-order valence-corrected chi connectivity index (χ2v) is 21.7. The van der Waals surface area contributed by atoms with Crippen LogP contribution in [0.3, 0.4) is 0 Å². The van der Waals surface area contributed by atoms with Gasteiger partial charge in [0, 0.05) is 19.3 Å². The Morgan fingerprint density at radius 3 is 0.824 bits per heavy atom. The number of unbranched alkanes of at least 4 members (excludes halogenated alkanes) is 38. The molecule has 430 valence electrons. The van der Waals surface area contributed by atoms with Gasteiger partial charge in [0.2, 0.25) is 0 Å². The predicted octanol–water partition coefficient (Wildman–Crippen LogP) is 21.9. The first-order chi connectivity index (χ1) is 36.5. The van der Waals surface area contributed by atoms with Gasteiger partial charge in [0.05, 0.1) is 0 Å². The summed E-state index contributed by atoms with van der Waals surface area (Å²) in [5, 5.41) is 0. The molecule has 74 heavy (non-hydrogen) atoms. The van der Waals surface area contributed by atoms with E-state index in [0.717, 1.165) is 109 Å². The van der Waals surface area contributed by atoms with Crippen LogP contribution in [0.4, 0.5) is 0 Å². The van der Waals surface area contributed by atoms with E-state index in [1.54, 1.807) is 0 Å². The number of carbonyl (C=O) groups excluding carboxylic acids is 3. The monoisotopic (exact) mass is 1030 g/mol. The molecule has 0 aromatic carbocycles. The summed E-state index contributed by atoms with van der Waals surface area (Å²) in [5.41, 5.74) is 0. The minimum atomic E-state index is -0.781. The van der Waals surface area contributed by atoms with Crippen LogP contribution in [0.1, 0.15) is 335 Å². The van der Waals surface area contributed by atoms with Crippen LogP contribution in [0.2, 0.25) is 0 Å². The van der Waals surface area contributed by atoms with Crippen molar-refractivity contribution in [1.29, 1.82) is 0 Å². The molecule has 1 unspecified atom stereocenters. The van der Waals surface area contributed by atoms with Crippen LogP contribution in [-0.4, -0.2) is 37.2 Å². The lowest BCUT2D eigenvalue weighted by Crippen LogP contribution is -2.30. The molecule has 0 spiro atoms. The van der Waals surface area contributed by atoms with Crippen molar-refractivity contribution >= 4 is 17.9 Å². The Kier molecular flexibility index (Phi) is 60.2. The van der Waals surface area contributed by atoms with E-state index in [1.165, 1.54) is 186 Å². The van der Waals surface area contributed by atoms with Crippen LogP contribution in [0.25, 0.3) is 0 Å². The van der Waals surface area contributed by atoms with E-state index in [1.807, 2.05) is 0 Å². The number of ether oxygens (including phenoxy) is 3. The zero-order chi connectivity index (χ0) is 53.6. The van der Waals surface area contributed by atoms with E-state index in [9.17, 15) is 14.4 Å². The number of esters is 3. The summed E-state index contributed by atoms with van der Waals surface area (Å²) in [6.07, 6.45) is 80.0. The Labute approximate surface area is 460 Å². The van der Waals surface area contributed by atoms with Gasteiger partial charge in [-0.2, -0.15) is 0 Å². The lowest BCUT2D eigenvalue weighted by atomic mass is 10.0. The highest BCUT2D eigenvalue weighted by atomic mass is 16.6. The fourth-order valence-corrected chi connectivity index (χ4v) is 9.47. The Morgan fingerprint density at radius 1 is 0.284 bits per heavy atom. The van der Waals surface area contributed by atoms with Crippen molar-refractivity contribution in [3.63, 3.8) is 0 Å². The van der Waals surface area contributed by atoms with Gasteiger partial charge in [0.25, 0.3) is 0 Å². The standard InChI is InChI=1S/C68H122O6/c1-4-7-10-13-16-18-20-22-24-26-28-30-31-32-33-34-35-36-37-39-40-42-44-46-48-50-52-55-58-61-67(70)73-64-65(63-72-66(69)60-57-54-15-12-9-6-3)74-68(71)62-59-56-53-51-49-47-45-43-41-38-29-27-25-23-21-19-17-14-11-8-5-2/h8,11,17,19,23,25,29,38,43,45,65H,4-7,9-10,12-16,18,20-22,24,26-28,30-37,39-42,44,46-64H2,1-3H3/b11-8-,19-17-,25-23-,38-29-,45-43-. The number of hydrogen-bond donors (Lipinski definition) is 0. The summed E-state index contributed by atoms with van der Waals surface area (Å²) in [4.78, 5) is 38.0. The molecule has 0 saturated carbocycles. The average molecular weight is 1040 g/mol. The quantitative estimate of drug-likeness (QED) is 0.0261. The summed E-state index contributed by atoms with van der Waals surface area (Å²) in [6, 6.07) is 0. The molecule has 0 aliphatic heterocycles. The highest BCUT2D eigenvalue weighted by Gasteiger charge is 2.19. The van der Waals surface area contributed by atoms with Crippen LogP contribution < -0.4 is 0 Å². The molecular formula is C68H122O6. The molecule has 0 saturated heterocycles. The normalized spacial score (nSPS) is 12.4. The fraction of sp³-hybridized carbons (Fsp3) is 0.809. The van der Waals surface area contributed by atoms with Crippen molar-refractivity contribution in [2.24, 2.45) is 0 Å². The summed E-state index contributed by atoms with van der Waals surface area (Å²) in [6.45, 7) is 6.49. The first-order valence-corrected chi connectivity index (χ1v) is 32.3. The van der Waals surface area contributed by atoms with Crippen LogP contribution in [0, 0.1) is 0 Å². The van der Waals surface area contributed by atoms with E-state index in [4.69, 9.17) is 14.2 Å². The van der Waals surface area contributed by atoms with E-state index in [-0.39, 0.29) is 31.1 Å². The Bertz CT molecular complexity index is 1330. The fourth-order valence-electron chi connectivity index (χ4n) is 9.47. The largest absolute Gasteiger partial charge is 0.462 e. The van der Waals surface area contributed by atoms with Gasteiger partial charge in [-0.05, 0) is 64.2 Å². The van der Waals surface area contributed by atoms with Crippen molar-refractivity contribution in [2.45, 2.75) is 341 Å². The van der Waals surface area contributed by atoms with Crippen molar-refractivity contribution in [1.82, 2.24) is 0 Å². The smallest absolute Gasteiger partial charge is 0.306 e. The maximum Gasteiger partial charge on any atom is 0.306 e. The molecule has 0 heterocycles. The van der Waals surface area contributed by atoms with Gasteiger partial charge in [-0.3, -0.25) is 14.4 Å². The van der Waals surface area contributed by atoms with Crippen LogP contribution in [0.15, 0.2) is 60.8 Å². The number of carbonyl (C=O) groups is 3. The minimum Gasteiger partial charge on any atom is -0.462 e. The molecule has 0 aromatic heterocycles. The lowest BCUT2D eigenvalue weighted by molar-refractivity contribution is -0.167. The van der Waals surface area contributed by atoms with Gasteiger partial charge in [-0.25, -0.2) is 0 Å². The van der Waals surface area contributed by atoms with E-state index < -0.39 is 6.10 Å².